The van der Waals surface area contributed by atoms with Gasteiger partial charge in [-0.3, -0.25) is 4.79 Å². The van der Waals surface area contributed by atoms with Gasteiger partial charge in [0.15, 0.2) is 0 Å². The molecule has 0 heterocycles. The Morgan fingerprint density at radius 3 is 1.68 bits per heavy atom. The van der Waals surface area contributed by atoms with Crippen LogP contribution >= 0.6 is 0 Å². The molecule has 0 aliphatic rings. The highest BCUT2D eigenvalue weighted by molar-refractivity contribution is 5.69. The van der Waals surface area contributed by atoms with Crippen LogP contribution in [0.1, 0.15) is 78.1 Å². The number of hydrogen-bond donors (Lipinski definition) is 0. The van der Waals surface area contributed by atoms with E-state index in [0.717, 1.165) is 32.3 Å². The maximum atomic E-state index is 11.4. The van der Waals surface area contributed by atoms with E-state index in [1.807, 2.05) is 0 Å². The van der Waals surface area contributed by atoms with Crippen LogP contribution in [0.15, 0.2) is 0 Å². The van der Waals surface area contributed by atoms with E-state index in [4.69, 9.17) is 18.9 Å². The van der Waals surface area contributed by atoms with Gasteiger partial charge in [-0.05, 0) is 19.3 Å². The molecule has 0 rings (SSSR count). The van der Waals surface area contributed by atoms with E-state index in [-0.39, 0.29) is 5.97 Å². The number of hydrogen-bond acceptors (Lipinski definition) is 5. The Hall–Kier alpha value is -0.650. The molecule has 0 aromatic rings. The largest absolute Gasteiger partial charge is 0.466 e. The zero-order valence-corrected chi connectivity index (χ0v) is 16.6. The van der Waals surface area contributed by atoms with Gasteiger partial charge in [0, 0.05) is 19.6 Å². The highest BCUT2D eigenvalue weighted by Gasteiger charge is 2.02. The van der Waals surface area contributed by atoms with E-state index in [0.29, 0.717) is 52.5 Å². The fraction of sp³-hybridized carbons (Fsp3) is 0.950. The van der Waals surface area contributed by atoms with Gasteiger partial charge >= 0.3 is 5.97 Å². The lowest BCUT2D eigenvalue weighted by Crippen LogP contribution is -2.11. The molecule has 0 N–H and O–H groups in total. The lowest BCUT2D eigenvalue weighted by molar-refractivity contribution is -0.144. The topological polar surface area (TPSA) is 54.0 Å². The van der Waals surface area contributed by atoms with Crippen LogP contribution in [0, 0.1) is 0 Å². The van der Waals surface area contributed by atoms with Crippen LogP contribution in [0.3, 0.4) is 0 Å². The zero-order valence-electron chi connectivity index (χ0n) is 16.6. The van der Waals surface area contributed by atoms with Crippen molar-refractivity contribution >= 4 is 5.97 Å². The first-order valence-electron chi connectivity index (χ1n) is 10.2. The monoisotopic (exact) mass is 360 g/mol. The van der Waals surface area contributed by atoms with Gasteiger partial charge in [0.05, 0.1) is 33.0 Å². The smallest absolute Gasteiger partial charge is 0.305 e. The molecule has 0 saturated carbocycles. The molecule has 25 heavy (non-hydrogen) atoms. The average molecular weight is 361 g/mol. The molecule has 0 bridgehead atoms. The second-order valence-corrected chi connectivity index (χ2v) is 6.28. The average Bonchev–Trinajstić information content (AvgIpc) is 2.62. The van der Waals surface area contributed by atoms with E-state index >= 15 is 0 Å². The second-order valence-electron chi connectivity index (χ2n) is 6.28. The highest BCUT2D eigenvalue weighted by Crippen LogP contribution is 2.02. The lowest BCUT2D eigenvalue weighted by atomic mass is 10.2. The van der Waals surface area contributed by atoms with Crippen molar-refractivity contribution in [3.05, 3.63) is 0 Å². The Labute approximate surface area is 154 Å². The van der Waals surface area contributed by atoms with Crippen LogP contribution in [0.2, 0.25) is 0 Å². The molecule has 5 heteroatoms. The van der Waals surface area contributed by atoms with Gasteiger partial charge in [-0.2, -0.15) is 0 Å². The Morgan fingerprint density at radius 1 is 0.560 bits per heavy atom. The third kappa shape index (κ3) is 21.3. The summed E-state index contributed by atoms with van der Waals surface area (Å²) in [6, 6.07) is 0. The molecule has 0 saturated heterocycles. The molecule has 0 amide bonds. The van der Waals surface area contributed by atoms with Gasteiger partial charge in [-0.25, -0.2) is 0 Å². The van der Waals surface area contributed by atoms with Gasteiger partial charge in [0.1, 0.15) is 0 Å². The molecule has 0 spiro atoms. The van der Waals surface area contributed by atoms with Gasteiger partial charge in [0.25, 0.3) is 0 Å². The van der Waals surface area contributed by atoms with Crippen molar-refractivity contribution in [2.45, 2.75) is 78.1 Å². The first kappa shape index (κ1) is 24.4. The second kappa shape index (κ2) is 21.4. The summed E-state index contributed by atoms with van der Waals surface area (Å²) in [5, 5.41) is 0. The van der Waals surface area contributed by atoms with E-state index in [2.05, 4.69) is 13.8 Å². The fourth-order valence-electron chi connectivity index (χ4n) is 2.28. The standard InChI is InChI=1S/C20H40O5/c1-3-5-7-8-10-13-22-16-18-24-19-17-23-14-11-12-20(21)25-15-9-6-4-2/h3-19H2,1-2H3. The van der Waals surface area contributed by atoms with Crippen molar-refractivity contribution in [2.75, 3.05) is 46.2 Å². The Balaban J connectivity index is 3.08. The minimum atomic E-state index is -0.122. The van der Waals surface area contributed by atoms with E-state index in [1.54, 1.807) is 0 Å². The molecule has 5 nitrogen and oxygen atoms in total. The summed E-state index contributed by atoms with van der Waals surface area (Å²) in [5.74, 6) is -0.122. The van der Waals surface area contributed by atoms with E-state index in [9.17, 15) is 4.79 Å². The van der Waals surface area contributed by atoms with Crippen molar-refractivity contribution in [3.63, 3.8) is 0 Å². The molecule has 0 fully saturated rings. The van der Waals surface area contributed by atoms with Crippen LogP contribution < -0.4 is 0 Å². The Bertz CT molecular complexity index is 271. The first-order valence-corrected chi connectivity index (χ1v) is 10.2. The lowest BCUT2D eigenvalue weighted by Gasteiger charge is -2.07. The van der Waals surface area contributed by atoms with Crippen LogP contribution in [0.25, 0.3) is 0 Å². The van der Waals surface area contributed by atoms with Crippen molar-refractivity contribution in [3.8, 4) is 0 Å². The molecule has 0 atom stereocenters. The summed E-state index contributed by atoms with van der Waals surface area (Å²) in [5.41, 5.74) is 0. The summed E-state index contributed by atoms with van der Waals surface area (Å²) in [7, 11) is 0. The number of unbranched alkanes of at least 4 members (excludes halogenated alkanes) is 6. The molecule has 150 valence electrons. The molecule has 0 aliphatic carbocycles. The SMILES string of the molecule is CCCCCCCOCCOCCOCCCC(=O)OCCCCC. The van der Waals surface area contributed by atoms with Crippen LogP contribution in [0.4, 0.5) is 0 Å². The molecular formula is C20H40O5. The maximum Gasteiger partial charge on any atom is 0.305 e. The quantitative estimate of drug-likeness (QED) is 0.236. The summed E-state index contributed by atoms with van der Waals surface area (Å²) >= 11 is 0. The fourth-order valence-corrected chi connectivity index (χ4v) is 2.28. The number of carbonyl (C=O) groups excluding carboxylic acids is 1. The molecular weight excluding hydrogens is 320 g/mol. The van der Waals surface area contributed by atoms with E-state index in [1.165, 1.54) is 25.7 Å². The summed E-state index contributed by atoms with van der Waals surface area (Å²) < 4.78 is 21.5. The predicted octanol–water partition coefficient (Wildman–Crippen LogP) is 4.52. The molecule has 0 unspecified atom stereocenters. The van der Waals surface area contributed by atoms with Gasteiger partial charge in [0.2, 0.25) is 0 Å². The first-order chi connectivity index (χ1) is 12.3. The van der Waals surface area contributed by atoms with Crippen molar-refractivity contribution in [1.29, 1.82) is 0 Å². The number of rotatable bonds is 20. The Morgan fingerprint density at radius 2 is 1.04 bits per heavy atom. The zero-order chi connectivity index (χ0) is 18.4. The molecule has 0 aromatic heterocycles. The van der Waals surface area contributed by atoms with Crippen LogP contribution in [0.5, 0.6) is 0 Å². The minimum absolute atomic E-state index is 0.122. The van der Waals surface area contributed by atoms with Gasteiger partial charge in [-0.1, -0.05) is 52.4 Å². The molecule has 0 aromatic carbocycles. The van der Waals surface area contributed by atoms with Crippen LogP contribution in [-0.4, -0.2) is 52.2 Å². The summed E-state index contributed by atoms with van der Waals surface area (Å²) in [6.45, 7) is 8.69. The molecule has 0 aliphatic heterocycles. The number of carbonyl (C=O) groups is 1. The maximum absolute atomic E-state index is 11.4. The van der Waals surface area contributed by atoms with Crippen LogP contribution in [-0.2, 0) is 23.7 Å². The van der Waals surface area contributed by atoms with Crippen molar-refractivity contribution in [1.82, 2.24) is 0 Å². The molecule has 0 radical (unpaired) electrons. The Kier molecular flexibility index (Phi) is 20.8. The van der Waals surface area contributed by atoms with Gasteiger partial charge in [-0.15, -0.1) is 0 Å². The predicted molar refractivity (Wildman–Crippen MR) is 101 cm³/mol. The van der Waals surface area contributed by atoms with Gasteiger partial charge < -0.3 is 18.9 Å². The van der Waals surface area contributed by atoms with E-state index < -0.39 is 0 Å². The van der Waals surface area contributed by atoms with Crippen molar-refractivity contribution in [2.24, 2.45) is 0 Å². The third-order valence-electron chi connectivity index (χ3n) is 3.82. The number of esters is 1. The highest BCUT2D eigenvalue weighted by atomic mass is 16.5. The van der Waals surface area contributed by atoms with Crippen molar-refractivity contribution < 1.29 is 23.7 Å². The third-order valence-corrected chi connectivity index (χ3v) is 3.82. The minimum Gasteiger partial charge on any atom is -0.466 e. The summed E-state index contributed by atoms with van der Waals surface area (Å²) in [4.78, 5) is 11.4. The normalized spacial score (nSPS) is 11.0. The number of ether oxygens (including phenoxy) is 4. The summed E-state index contributed by atoms with van der Waals surface area (Å²) in [6.07, 6.45) is 10.6.